The molecule has 1 aromatic heterocycles. The highest BCUT2D eigenvalue weighted by Gasteiger charge is 2.23. The van der Waals surface area contributed by atoms with Gasteiger partial charge in [-0.2, -0.15) is 0 Å². The average molecular weight is 289 g/mol. The minimum Gasteiger partial charge on any atom is -0.393 e. The van der Waals surface area contributed by atoms with Crippen LogP contribution in [0.3, 0.4) is 0 Å². The van der Waals surface area contributed by atoms with E-state index in [0.717, 1.165) is 22.6 Å². The zero-order valence-corrected chi connectivity index (χ0v) is 11.4. The van der Waals surface area contributed by atoms with Crippen LogP contribution in [-0.2, 0) is 10.0 Å². The minimum atomic E-state index is -3.74. The Kier molecular flexibility index (Phi) is 4.92. The molecule has 0 spiro atoms. The van der Waals surface area contributed by atoms with Crippen LogP contribution in [0, 0.1) is 10.1 Å². The maximum absolute atomic E-state index is 12.1. The summed E-state index contributed by atoms with van der Waals surface area (Å²) in [5, 5.41) is 19.6. The highest BCUT2D eigenvalue weighted by molar-refractivity contribution is 7.89. The Morgan fingerprint density at radius 3 is 2.58 bits per heavy atom. The summed E-state index contributed by atoms with van der Waals surface area (Å²) in [6, 6.07) is 2.18. The lowest BCUT2D eigenvalue weighted by atomic mass is 10.3. The van der Waals surface area contributed by atoms with Gasteiger partial charge >= 0.3 is 5.82 Å². The fourth-order valence-corrected chi connectivity index (χ4v) is 2.43. The summed E-state index contributed by atoms with van der Waals surface area (Å²) in [4.78, 5) is 13.1. The molecular weight excluding hydrogens is 274 g/mol. The molecule has 1 heterocycles. The summed E-state index contributed by atoms with van der Waals surface area (Å²) in [6.07, 6.45) is 0.648. The molecule has 0 bridgehead atoms. The number of aliphatic hydroxyl groups is 1. The Balaban J connectivity index is 2.90. The van der Waals surface area contributed by atoms with Crippen LogP contribution >= 0.6 is 0 Å². The van der Waals surface area contributed by atoms with Gasteiger partial charge in [-0.15, -0.1) is 0 Å². The number of hydrogen-bond donors (Lipinski definition) is 1. The third-order valence-corrected chi connectivity index (χ3v) is 4.32. The largest absolute Gasteiger partial charge is 0.393 e. The first-order valence-corrected chi connectivity index (χ1v) is 6.94. The Hall–Kier alpha value is -1.58. The van der Waals surface area contributed by atoms with E-state index in [1.54, 1.807) is 6.92 Å². The second-order valence-electron chi connectivity index (χ2n) is 4.07. The molecule has 1 rings (SSSR count). The third kappa shape index (κ3) is 3.94. The van der Waals surface area contributed by atoms with Crippen LogP contribution in [0.2, 0.25) is 0 Å². The van der Waals surface area contributed by atoms with E-state index >= 15 is 0 Å². The molecule has 0 amide bonds. The van der Waals surface area contributed by atoms with E-state index in [0.29, 0.717) is 6.42 Å². The van der Waals surface area contributed by atoms with Crippen molar-refractivity contribution in [1.82, 2.24) is 9.29 Å². The standard InChI is InChI=1S/C10H15N3O5S/c1-8(14)5-6-12(2)19(17,18)9-3-4-10(11-7-9)13(15)16/h3-4,7-8,14H,5-6H2,1-2H3. The topological polar surface area (TPSA) is 114 Å². The maximum atomic E-state index is 12.1. The summed E-state index contributed by atoms with van der Waals surface area (Å²) < 4.78 is 25.2. The van der Waals surface area contributed by atoms with Crippen LogP contribution in [0.1, 0.15) is 13.3 Å². The van der Waals surface area contributed by atoms with Gasteiger partial charge in [-0.3, -0.25) is 0 Å². The molecule has 8 nitrogen and oxygen atoms in total. The summed E-state index contributed by atoms with van der Waals surface area (Å²) >= 11 is 0. The second-order valence-corrected chi connectivity index (χ2v) is 6.12. The van der Waals surface area contributed by atoms with Gasteiger partial charge in [-0.1, -0.05) is 0 Å². The minimum absolute atomic E-state index is 0.119. The number of sulfonamides is 1. The number of hydrogen-bond acceptors (Lipinski definition) is 6. The second kappa shape index (κ2) is 6.04. The highest BCUT2D eigenvalue weighted by atomic mass is 32.2. The maximum Gasteiger partial charge on any atom is 0.363 e. The number of nitrogens with zero attached hydrogens (tertiary/aromatic N) is 3. The molecule has 0 radical (unpaired) electrons. The SMILES string of the molecule is CC(O)CCN(C)S(=O)(=O)c1ccc([N+](=O)[O-])nc1. The predicted molar refractivity (Wildman–Crippen MR) is 67.0 cm³/mol. The molecule has 0 saturated carbocycles. The lowest BCUT2D eigenvalue weighted by Gasteiger charge is -2.17. The van der Waals surface area contributed by atoms with Crippen molar-refractivity contribution in [3.63, 3.8) is 0 Å². The molecule has 1 N–H and O–H groups in total. The van der Waals surface area contributed by atoms with E-state index in [2.05, 4.69) is 4.98 Å². The molecule has 0 fully saturated rings. The fourth-order valence-electron chi connectivity index (χ4n) is 1.30. The van der Waals surface area contributed by atoms with E-state index < -0.39 is 26.9 Å². The van der Waals surface area contributed by atoms with E-state index in [4.69, 9.17) is 5.11 Å². The van der Waals surface area contributed by atoms with Gasteiger partial charge in [0.2, 0.25) is 10.0 Å². The molecule has 0 aromatic carbocycles. The molecule has 0 saturated heterocycles. The summed E-state index contributed by atoms with van der Waals surface area (Å²) in [6.45, 7) is 1.71. The Morgan fingerprint density at radius 2 is 2.16 bits per heavy atom. The molecule has 19 heavy (non-hydrogen) atoms. The molecule has 1 aromatic rings. The molecule has 0 aliphatic rings. The summed E-state index contributed by atoms with van der Waals surface area (Å²) in [5.74, 6) is -0.411. The Bertz CT molecular complexity index is 541. The van der Waals surface area contributed by atoms with Gasteiger partial charge < -0.3 is 15.2 Å². The van der Waals surface area contributed by atoms with Crippen molar-refractivity contribution in [3.8, 4) is 0 Å². The van der Waals surface area contributed by atoms with Gasteiger partial charge in [0.1, 0.15) is 4.90 Å². The van der Waals surface area contributed by atoms with Crippen LogP contribution in [0.5, 0.6) is 0 Å². The molecule has 0 aliphatic carbocycles. The predicted octanol–water partition coefficient (Wildman–Crippen LogP) is 0.381. The Labute approximate surface area is 110 Å². The fraction of sp³-hybridized carbons (Fsp3) is 0.500. The first-order chi connectivity index (χ1) is 8.75. The number of pyridine rings is 1. The molecule has 9 heteroatoms. The molecule has 1 unspecified atom stereocenters. The molecule has 0 aliphatic heterocycles. The van der Waals surface area contributed by atoms with E-state index in [1.165, 1.54) is 7.05 Å². The van der Waals surface area contributed by atoms with Gasteiger partial charge in [0.05, 0.1) is 6.10 Å². The van der Waals surface area contributed by atoms with Gasteiger partial charge in [0.15, 0.2) is 6.20 Å². The van der Waals surface area contributed by atoms with Gasteiger partial charge in [-0.05, 0) is 29.3 Å². The highest BCUT2D eigenvalue weighted by Crippen LogP contribution is 2.16. The first-order valence-electron chi connectivity index (χ1n) is 5.50. The monoisotopic (exact) mass is 289 g/mol. The number of aromatic nitrogens is 1. The van der Waals surface area contributed by atoms with E-state index in [-0.39, 0.29) is 11.4 Å². The van der Waals surface area contributed by atoms with Crippen molar-refractivity contribution < 1.29 is 18.4 Å². The zero-order valence-electron chi connectivity index (χ0n) is 10.6. The van der Waals surface area contributed by atoms with Crippen molar-refractivity contribution in [2.24, 2.45) is 0 Å². The lowest BCUT2D eigenvalue weighted by Crippen LogP contribution is -2.29. The van der Waals surface area contributed by atoms with Gasteiger partial charge in [0.25, 0.3) is 0 Å². The van der Waals surface area contributed by atoms with Crippen LogP contribution < -0.4 is 0 Å². The molecule has 106 valence electrons. The lowest BCUT2D eigenvalue weighted by molar-refractivity contribution is -0.389. The average Bonchev–Trinajstić information content (AvgIpc) is 2.35. The van der Waals surface area contributed by atoms with Crippen molar-refractivity contribution in [3.05, 3.63) is 28.4 Å². The van der Waals surface area contributed by atoms with Crippen molar-refractivity contribution >= 4 is 15.8 Å². The van der Waals surface area contributed by atoms with Crippen LogP contribution in [-0.4, -0.2) is 47.4 Å². The van der Waals surface area contributed by atoms with Crippen LogP contribution in [0.4, 0.5) is 5.82 Å². The quantitative estimate of drug-likeness (QED) is 0.598. The van der Waals surface area contributed by atoms with Crippen LogP contribution in [0.15, 0.2) is 23.2 Å². The molecular formula is C10H15N3O5S. The van der Waals surface area contributed by atoms with Crippen molar-refractivity contribution in [2.75, 3.05) is 13.6 Å². The zero-order chi connectivity index (χ0) is 14.6. The molecule has 1 atom stereocenters. The Morgan fingerprint density at radius 1 is 1.53 bits per heavy atom. The number of nitro groups is 1. The number of rotatable bonds is 6. The normalized spacial score (nSPS) is 13.5. The third-order valence-electron chi connectivity index (χ3n) is 2.48. The van der Waals surface area contributed by atoms with E-state index in [1.807, 2.05) is 0 Å². The van der Waals surface area contributed by atoms with Crippen LogP contribution in [0.25, 0.3) is 0 Å². The summed E-state index contributed by atoms with van der Waals surface area (Å²) in [7, 11) is -2.37. The van der Waals surface area contributed by atoms with Gasteiger partial charge in [-0.25, -0.2) is 12.7 Å². The van der Waals surface area contributed by atoms with Crippen molar-refractivity contribution in [2.45, 2.75) is 24.3 Å². The van der Waals surface area contributed by atoms with E-state index in [9.17, 15) is 18.5 Å². The van der Waals surface area contributed by atoms with Crippen molar-refractivity contribution in [1.29, 1.82) is 0 Å². The summed E-state index contributed by atoms with van der Waals surface area (Å²) in [5.41, 5.74) is 0. The van der Waals surface area contributed by atoms with Gasteiger partial charge in [0, 0.05) is 19.7 Å². The number of aliphatic hydroxyl groups excluding tert-OH is 1. The smallest absolute Gasteiger partial charge is 0.363 e. The first kappa shape index (κ1) is 15.5.